The van der Waals surface area contributed by atoms with Gasteiger partial charge in [0.05, 0.1) is 13.2 Å². The highest BCUT2D eigenvalue weighted by Gasteiger charge is 2.28. The summed E-state index contributed by atoms with van der Waals surface area (Å²) < 4.78 is 5.23. The first-order valence-corrected chi connectivity index (χ1v) is 5.34. The van der Waals surface area contributed by atoms with Crippen LogP contribution in [0.4, 0.5) is 0 Å². The number of carbonyl (C=O) groups excluding carboxylic acids is 2. The molecule has 0 aliphatic carbocycles. The summed E-state index contributed by atoms with van der Waals surface area (Å²) in [5.74, 6) is -0.750. The SMILES string of the molecule is CC(C)(NC(=O)CC1COCCN1)C(N)=O. The maximum atomic E-state index is 11.6. The molecule has 0 aromatic heterocycles. The van der Waals surface area contributed by atoms with Crippen LogP contribution in [0.2, 0.25) is 0 Å². The van der Waals surface area contributed by atoms with E-state index < -0.39 is 11.4 Å². The van der Waals surface area contributed by atoms with Crippen molar-refractivity contribution in [3.05, 3.63) is 0 Å². The number of hydrogen-bond donors (Lipinski definition) is 3. The third-order valence-corrected chi connectivity index (χ3v) is 2.50. The van der Waals surface area contributed by atoms with Gasteiger partial charge in [-0.15, -0.1) is 0 Å². The molecule has 1 atom stereocenters. The minimum atomic E-state index is -1.01. The first kappa shape index (κ1) is 12.9. The van der Waals surface area contributed by atoms with Crippen LogP contribution in [0.3, 0.4) is 0 Å². The fraction of sp³-hybridized carbons (Fsp3) is 0.800. The molecule has 0 aromatic rings. The molecule has 6 heteroatoms. The van der Waals surface area contributed by atoms with Gasteiger partial charge in [0, 0.05) is 19.0 Å². The average Bonchev–Trinajstić information content (AvgIpc) is 2.17. The fourth-order valence-electron chi connectivity index (χ4n) is 1.44. The maximum absolute atomic E-state index is 11.6. The zero-order valence-electron chi connectivity index (χ0n) is 9.71. The molecule has 1 saturated heterocycles. The number of rotatable bonds is 4. The van der Waals surface area contributed by atoms with Crippen LogP contribution in [-0.4, -0.2) is 43.2 Å². The minimum Gasteiger partial charge on any atom is -0.378 e. The first-order chi connectivity index (χ1) is 7.42. The van der Waals surface area contributed by atoms with E-state index in [0.29, 0.717) is 13.2 Å². The highest BCUT2D eigenvalue weighted by atomic mass is 16.5. The average molecular weight is 229 g/mol. The van der Waals surface area contributed by atoms with Gasteiger partial charge in [0.2, 0.25) is 11.8 Å². The molecule has 1 aliphatic rings. The lowest BCUT2D eigenvalue weighted by atomic mass is 10.0. The van der Waals surface area contributed by atoms with Crippen molar-refractivity contribution in [2.75, 3.05) is 19.8 Å². The molecule has 1 heterocycles. The van der Waals surface area contributed by atoms with Crippen molar-refractivity contribution in [3.8, 4) is 0 Å². The van der Waals surface area contributed by atoms with Gasteiger partial charge in [-0.2, -0.15) is 0 Å². The molecule has 16 heavy (non-hydrogen) atoms. The molecule has 0 bridgehead atoms. The summed E-state index contributed by atoms with van der Waals surface area (Å²) in [5.41, 5.74) is 4.15. The number of morpholine rings is 1. The van der Waals surface area contributed by atoms with E-state index in [1.54, 1.807) is 13.8 Å². The summed E-state index contributed by atoms with van der Waals surface area (Å²) in [4.78, 5) is 22.6. The van der Waals surface area contributed by atoms with Gasteiger partial charge in [-0.3, -0.25) is 9.59 Å². The molecule has 0 spiro atoms. The molecule has 1 aliphatic heterocycles. The molecule has 0 aromatic carbocycles. The lowest BCUT2D eigenvalue weighted by molar-refractivity contribution is -0.131. The number of nitrogens with one attached hydrogen (secondary N) is 2. The Morgan fingerprint density at radius 2 is 2.25 bits per heavy atom. The Hall–Kier alpha value is -1.14. The van der Waals surface area contributed by atoms with E-state index in [-0.39, 0.29) is 18.4 Å². The van der Waals surface area contributed by atoms with E-state index in [4.69, 9.17) is 10.5 Å². The monoisotopic (exact) mass is 229 g/mol. The smallest absolute Gasteiger partial charge is 0.242 e. The van der Waals surface area contributed by atoms with Crippen LogP contribution in [0.1, 0.15) is 20.3 Å². The molecule has 0 saturated carbocycles. The Morgan fingerprint density at radius 3 is 2.75 bits per heavy atom. The van der Waals surface area contributed by atoms with E-state index in [1.165, 1.54) is 0 Å². The fourth-order valence-corrected chi connectivity index (χ4v) is 1.44. The lowest BCUT2D eigenvalue weighted by Crippen LogP contribution is -2.54. The number of amides is 2. The molecule has 1 unspecified atom stereocenters. The van der Waals surface area contributed by atoms with Gasteiger partial charge in [0.25, 0.3) is 0 Å². The molecule has 2 amide bonds. The van der Waals surface area contributed by atoms with Gasteiger partial charge in [-0.25, -0.2) is 0 Å². The Bertz CT molecular complexity index is 272. The van der Waals surface area contributed by atoms with Crippen LogP contribution in [-0.2, 0) is 14.3 Å². The largest absolute Gasteiger partial charge is 0.378 e. The van der Waals surface area contributed by atoms with Crippen LogP contribution in [0.15, 0.2) is 0 Å². The number of carbonyl (C=O) groups is 2. The van der Waals surface area contributed by atoms with Crippen molar-refractivity contribution in [2.24, 2.45) is 5.73 Å². The molecular weight excluding hydrogens is 210 g/mol. The van der Waals surface area contributed by atoms with Crippen LogP contribution < -0.4 is 16.4 Å². The quantitative estimate of drug-likeness (QED) is 0.561. The molecule has 4 N–H and O–H groups in total. The van der Waals surface area contributed by atoms with Crippen molar-refractivity contribution in [2.45, 2.75) is 31.8 Å². The molecule has 1 rings (SSSR count). The van der Waals surface area contributed by atoms with E-state index in [2.05, 4.69) is 10.6 Å². The van der Waals surface area contributed by atoms with Crippen LogP contribution in [0, 0.1) is 0 Å². The Morgan fingerprint density at radius 1 is 1.56 bits per heavy atom. The first-order valence-electron chi connectivity index (χ1n) is 5.34. The predicted octanol–water partition coefficient (Wildman–Crippen LogP) is -1.25. The van der Waals surface area contributed by atoms with Gasteiger partial charge in [-0.05, 0) is 13.8 Å². The predicted molar refractivity (Wildman–Crippen MR) is 58.6 cm³/mol. The van der Waals surface area contributed by atoms with E-state index in [0.717, 1.165) is 6.54 Å². The van der Waals surface area contributed by atoms with Gasteiger partial charge >= 0.3 is 0 Å². The zero-order chi connectivity index (χ0) is 12.2. The van der Waals surface area contributed by atoms with Crippen LogP contribution in [0.5, 0.6) is 0 Å². The van der Waals surface area contributed by atoms with Gasteiger partial charge < -0.3 is 21.1 Å². The van der Waals surface area contributed by atoms with Gasteiger partial charge in [-0.1, -0.05) is 0 Å². The number of primary amides is 1. The van der Waals surface area contributed by atoms with Crippen molar-refractivity contribution >= 4 is 11.8 Å². The second kappa shape index (κ2) is 5.27. The third kappa shape index (κ3) is 3.79. The summed E-state index contributed by atoms with van der Waals surface area (Å²) in [6, 6.07) is 0.0115. The number of nitrogens with two attached hydrogens (primary N) is 1. The summed E-state index contributed by atoms with van der Waals surface area (Å²) >= 11 is 0. The minimum absolute atomic E-state index is 0.0115. The van der Waals surface area contributed by atoms with Gasteiger partial charge in [0.1, 0.15) is 5.54 Å². The van der Waals surface area contributed by atoms with E-state index in [9.17, 15) is 9.59 Å². The zero-order valence-corrected chi connectivity index (χ0v) is 9.71. The Labute approximate surface area is 94.9 Å². The normalized spacial score (nSPS) is 21.5. The van der Waals surface area contributed by atoms with E-state index >= 15 is 0 Å². The second-order valence-electron chi connectivity index (χ2n) is 4.47. The summed E-state index contributed by atoms with van der Waals surface area (Å²) in [6.45, 7) is 5.10. The Kier molecular flexibility index (Phi) is 4.26. The highest BCUT2D eigenvalue weighted by Crippen LogP contribution is 2.03. The van der Waals surface area contributed by atoms with Crippen molar-refractivity contribution in [3.63, 3.8) is 0 Å². The second-order valence-corrected chi connectivity index (χ2v) is 4.47. The topological polar surface area (TPSA) is 93.4 Å². The molecule has 92 valence electrons. The lowest BCUT2D eigenvalue weighted by Gasteiger charge is -2.26. The van der Waals surface area contributed by atoms with Gasteiger partial charge in [0.15, 0.2) is 0 Å². The maximum Gasteiger partial charge on any atom is 0.242 e. The third-order valence-electron chi connectivity index (χ3n) is 2.50. The molecular formula is C10H19N3O3. The van der Waals surface area contributed by atoms with Crippen molar-refractivity contribution in [1.82, 2.24) is 10.6 Å². The molecule has 6 nitrogen and oxygen atoms in total. The standard InChI is InChI=1S/C10H19N3O3/c1-10(2,9(11)15)13-8(14)5-7-6-16-4-3-12-7/h7,12H,3-6H2,1-2H3,(H2,11,15)(H,13,14). The summed E-state index contributed by atoms with van der Waals surface area (Å²) in [7, 11) is 0. The summed E-state index contributed by atoms with van der Waals surface area (Å²) in [5, 5.41) is 5.76. The van der Waals surface area contributed by atoms with Crippen molar-refractivity contribution < 1.29 is 14.3 Å². The molecule has 0 radical (unpaired) electrons. The summed E-state index contributed by atoms with van der Waals surface area (Å²) in [6.07, 6.45) is 0.288. The molecule has 1 fully saturated rings. The van der Waals surface area contributed by atoms with Crippen LogP contribution >= 0.6 is 0 Å². The van der Waals surface area contributed by atoms with E-state index in [1.807, 2.05) is 0 Å². The number of hydrogen-bond acceptors (Lipinski definition) is 4. The Balaban J connectivity index is 2.37. The van der Waals surface area contributed by atoms with Crippen LogP contribution in [0.25, 0.3) is 0 Å². The van der Waals surface area contributed by atoms with Crippen molar-refractivity contribution in [1.29, 1.82) is 0 Å². The number of ether oxygens (including phenoxy) is 1. The highest BCUT2D eigenvalue weighted by molar-refractivity contribution is 5.89.